The summed E-state index contributed by atoms with van der Waals surface area (Å²) in [5, 5.41) is 7.19. The van der Waals surface area contributed by atoms with Gasteiger partial charge in [0.2, 0.25) is 0 Å². The summed E-state index contributed by atoms with van der Waals surface area (Å²) in [4.78, 5) is 4.08. The van der Waals surface area contributed by atoms with Gasteiger partial charge in [-0.2, -0.15) is 5.10 Å². The molecule has 0 unspecified atom stereocenters. The molecular formula is C12H14F2N4. The Morgan fingerprint density at radius 1 is 1.33 bits per heavy atom. The quantitative estimate of drug-likeness (QED) is 0.818. The number of aromatic nitrogens is 3. The molecule has 0 aliphatic heterocycles. The maximum atomic E-state index is 13.3. The van der Waals surface area contributed by atoms with Crippen LogP contribution in [-0.2, 0) is 20.0 Å². The van der Waals surface area contributed by atoms with Gasteiger partial charge in [0.05, 0.1) is 0 Å². The third kappa shape index (κ3) is 3.33. The van der Waals surface area contributed by atoms with Crippen LogP contribution in [0.25, 0.3) is 0 Å². The smallest absolute Gasteiger partial charge is 0.151 e. The molecule has 2 aromatic rings. The average molecular weight is 252 g/mol. The van der Waals surface area contributed by atoms with E-state index < -0.39 is 11.6 Å². The van der Waals surface area contributed by atoms with Gasteiger partial charge in [-0.25, -0.2) is 13.8 Å². The summed E-state index contributed by atoms with van der Waals surface area (Å²) in [6.07, 6.45) is 2.30. The molecule has 18 heavy (non-hydrogen) atoms. The predicted molar refractivity (Wildman–Crippen MR) is 62.8 cm³/mol. The maximum Gasteiger partial charge on any atom is 0.151 e. The number of rotatable bonds is 5. The normalized spacial score (nSPS) is 10.8. The first-order chi connectivity index (χ1) is 8.65. The van der Waals surface area contributed by atoms with Crippen LogP contribution < -0.4 is 5.32 Å². The number of nitrogens with one attached hydrogen (secondary N) is 1. The molecule has 0 aliphatic carbocycles. The summed E-state index contributed by atoms with van der Waals surface area (Å²) < 4.78 is 27.6. The van der Waals surface area contributed by atoms with Gasteiger partial charge in [-0.05, 0) is 6.07 Å². The zero-order valence-corrected chi connectivity index (χ0v) is 10.0. The minimum Gasteiger partial charge on any atom is -0.312 e. The van der Waals surface area contributed by atoms with Crippen molar-refractivity contribution in [2.24, 2.45) is 7.05 Å². The van der Waals surface area contributed by atoms with Gasteiger partial charge in [0.25, 0.3) is 0 Å². The Bertz CT molecular complexity index is 525. The van der Waals surface area contributed by atoms with Gasteiger partial charge in [0, 0.05) is 38.2 Å². The van der Waals surface area contributed by atoms with E-state index >= 15 is 0 Å². The average Bonchev–Trinajstić information content (AvgIpc) is 2.73. The van der Waals surface area contributed by atoms with Gasteiger partial charge in [-0.1, -0.05) is 6.07 Å². The fraction of sp³-hybridized carbons (Fsp3) is 0.333. The summed E-state index contributed by atoms with van der Waals surface area (Å²) in [7, 11) is 1.80. The fourth-order valence-electron chi connectivity index (χ4n) is 1.59. The highest BCUT2D eigenvalue weighted by Gasteiger charge is 2.03. The molecular weight excluding hydrogens is 238 g/mol. The first kappa shape index (κ1) is 12.6. The van der Waals surface area contributed by atoms with Crippen LogP contribution in [0.15, 0.2) is 24.5 Å². The van der Waals surface area contributed by atoms with Gasteiger partial charge in [-0.15, -0.1) is 0 Å². The van der Waals surface area contributed by atoms with Crippen LogP contribution in [-0.4, -0.2) is 21.3 Å². The van der Waals surface area contributed by atoms with E-state index in [1.807, 2.05) is 0 Å². The standard InChI is InChI=1S/C12H14F2N4/c1-18-8-16-12(17-18)4-5-15-7-9-2-3-10(13)6-11(9)14/h2-3,6,8,15H,4-5,7H2,1H3. The van der Waals surface area contributed by atoms with Crippen LogP contribution in [0, 0.1) is 11.6 Å². The number of hydrogen-bond donors (Lipinski definition) is 1. The van der Waals surface area contributed by atoms with Crippen LogP contribution in [0.4, 0.5) is 8.78 Å². The number of halogens is 2. The second-order valence-electron chi connectivity index (χ2n) is 4.00. The molecule has 0 aliphatic rings. The van der Waals surface area contributed by atoms with Crippen molar-refractivity contribution in [3.05, 3.63) is 47.5 Å². The minimum absolute atomic E-state index is 0.360. The molecule has 1 N–H and O–H groups in total. The van der Waals surface area contributed by atoms with Crippen molar-refractivity contribution in [2.75, 3.05) is 6.54 Å². The van der Waals surface area contributed by atoms with Crippen LogP contribution >= 0.6 is 0 Å². The van der Waals surface area contributed by atoms with Crippen molar-refractivity contribution in [2.45, 2.75) is 13.0 Å². The Morgan fingerprint density at radius 2 is 2.17 bits per heavy atom. The van der Waals surface area contributed by atoms with E-state index in [-0.39, 0.29) is 0 Å². The third-order valence-electron chi connectivity index (χ3n) is 2.50. The van der Waals surface area contributed by atoms with Crippen molar-refractivity contribution < 1.29 is 8.78 Å². The first-order valence-corrected chi connectivity index (χ1v) is 5.64. The Balaban J connectivity index is 1.78. The third-order valence-corrected chi connectivity index (χ3v) is 2.50. The summed E-state index contributed by atoms with van der Waals surface area (Å²) >= 11 is 0. The Hall–Kier alpha value is -1.82. The molecule has 0 spiro atoms. The second kappa shape index (κ2) is 5.68. The van der Waals surface area contributed by atoms with Gasteiger partial charge in [0.1, 0.15) is 18.0 Å². The number of hydrogen-bond acceptors (Lipinski definition) is 3. The van der Waals surface area contributed by atoms with E-state index in [1.54, 1.807) is 18.1 Å². The Kier molecular flexibility index (Phi) is 3.99. The predicted octanol–water partition coefficient (Wildman–Crippen LogP) is 1.43. The van der Waals surface area contributed by atoms with E-state index in [1.165, 1.54) is 12.1 Å². The van der Waals surface area contributed by atoms with Crippen molar-refractivity contribution in [1.29, 1.82) is 0 Å². The van der Waals surface area contributed by atoms with E-state index in [9.17, 15) is 8.78 Å². The van der Waals surface area contributed by atoms with Crippen molar-refractivity contribution in [3.8, 4) is 0 Å². The molecule has 1 heterocycles. The molecule has 0 bridgehead atoms. The molecule has 0 saturated heterocycles. The summed E-state index contributed by atoms with van der Waals surface area (Å²) in [6, 6.07) is 3.58. The molecule has 0 saturated carbocycles. The van der Waals surface area contributed by atoms with Crippen molar-refractivity contribution in [3.63, 3.8) is 0 Å². The van der Waals surface area contributed by atoms with Gasteiger partial charge >= 0.3 is 0 Å². The molecule has 4 nitrogen and oxygen atoms in total. The lowest BCUT2D eigenvalue weighted by Crippen LogP contribution is -2.18. The van der Waals surface area contributed by atoms with E-state index in [2.05, 4.69) is 15.4 Å². The van der Waals surface area contributed by atoms with Crippen LogP contribution in [0.3, 0.4) is 0 Å². The van der Waals surface area contributed by atoms with E-state index in [4.69, 9.17) is 0 Å². The number of aryl methyl sites for hydroxylation is 1. The van der Waals surface area contributed by atoms with Crippen LogP contribution in [0.2, 0.25) is 0 Å². The summed E-state index contributed by atoms with van der Waals surface area (Å²) in [5.41, 5.74) is 0.449. The molecule has 96 valence electrons. The monoisotopic (exact) mass is 252 g/mol. The van der Waals surface area contributed by atoms with Crippen LogP contribution in [0.1, 0.15) is 11.4 Å². The lowest BCUT2D eigenvalue weighted by atomic mass is 10.2. The first-order valence-electron chi connectivity index (χ1n) is 5.64. The zero-order chi connectivity index (χ0) is 13.0. The van der Waals surface area contributed by atoms with Crippen molar-refractivity contribution >= 4 is 0 Å². The molecule has 0 atom stereocenters. The van der Waals surface area contributed by atoms with Crippen molar-refractivity contribution in [1.82, 2.24) is 20.1 Å². The van der Waals surface area contributed by atoms with E-state index in [0.717, 1.165) is 11.9 Å². The molecule has 6 heteroatoms. The zero-order valence-electron chi connectivity index (χ0n) is 10.0. The largest absolute Gasteiger partial charge is 0.312 e. The Morgan fingerprint density at radius 3 is 2.83 bits per heavy atom. The lowest BCUT2D eigenvalue weighted by molar-refractivity contribution is 0.559. The van der Waals surface area contributed by atoms with Gasteiger partial charge < -0.3 is 5.32 Å². The maximum absolute atomic E-state index is 13.3. The molecule has 2 rings (SSSR count). The van der Waals surface area contributed by atoms with Crippen LogP contribution in [0.5, 0.6) is 0 Å². The fourth-order valence-corrected chi connectivity index (χ4v) is 1.59. The highest BCUT2D eigenvalue weighted by atomic mass is 19.1. The Labute approximate surface area is 104 Å². The molecule has 0 fully saturated rings. The molecule has 1 aromatic heterocycles. The highest BCUT2D eigenvalue weighted by Crippen LogP contribution is 2.08. The van der Waals surface area contributed by atoms with Gasteiger partial charge in [0.15, 0.2) is 5.82 Å². The molecule has 0 amide bonds. The minimum atomic E-state index is -0.561. The summed E-state index contributed by atoms with van der Waals surface area (Å²) in [5.74, 6) is -0.350. The SMILES string of the molecule is Cn1cnc(CCNCc2ccc(F)cc2F)n1. The molecule has 0 radical (unpaired) electrons. The number of nitrogens with zero attached hydrogens (tertiary/aromatic N) is 3. The molecule has 1 aromatic carbocycles. The van der Waals surface area contributed by atoms with Gasteiger partial charge in [-0.3, -0.25) is 4.68 Å². The van der Waals surface area contributed by atoms with E-state index in [0.29, 0.717) is 25.1 Å². The lowest BCUT2D eigenvalue weighted by Gasteiger charge is -2.04. The number of benzene rings is 1. The highest BCUT2D eigenvalue weighted by molar-refractivity contribution is 5.18. The summed E-state index contributed by atoms with van der Waals surface area (Å²) in [6.45, 7) is 1.000. The second-order valence-corrected chi connectivity index (χ2v) is 4.00. The topological polar surface area (TPSA) is 42.7 Å².